The van der Waals surface area contributed by atoms with E-state index in [2.05, 4.69) is 37.1 Å². The summed E-state index contributed by atoms with van der Waals surface area (Å²) in [6.45, 7) is 7.60. The summed E-state index contributed by atoms with van der Waals surface area (Å²) in [5.74, 6) is 1.89. The minimum Gasteiger partial charge on any atom is -0.495 e. The zero-order valence-electron chi connectivity index (χ0n) is 11.8. The first-order valence-corrected chi connectivity index (χ1v) is 7.60. The van der Waals surface area contributed by atoms with Crippen LogP contribution in [0.25, 0.3) is 0 Å². The van der Waals surface area contributed by atoms with E-state index in [1.165, 1.54) is 12.0 Å². The summed E-state index contributed by atoms with van der Waals surface area (Å²) in [5, 5.41) is 4.21. The highest BCUT2D eigenvalue weighted by molar-refractivity contribution is 7.99. The zero-order chi connectivity index (χ0) is 13.4. The fourth-order valence-corrected chi connectivity index (χ4v) is 2.70. The first-order valence-electron chi connectivity index (χ1n) is 6.55. The fourth-order valence-electron chi connectivity index (χ4n) is 1.64. The fraction of sp³-hybridized carbons (Fsp3) is 0.643. The van der Waals surface area contributed by atoms with Crippen LogP contribution in [0.4, 0.5) is 0 Å². The van der Waals surface area contributed by atoms with Crippen LogP contribution in [0.2, 0.25) is 0 Å². The topological polar surface area (TPSA) is 34.2 Å². The maximum absolute atomic E-state index is 5.23. The molecule has 0 radical (unpaired) electrons. The van der Waals surface area contributed by atoms with Crippen molar-refractivity contribution in [3.8, 4) is 5.75 Å². The quantitative estimate of drug-likeness (QED) is 0.784. The molecule has 0 amide bonds. The number of pyridine rings is 1. The van der Waals surface area contributed by atoms with Gasteiger partial charge in [-0.2, -0.15) is 11.8 Å². The molecule has 0 aliphatic heterocycles. The van der Waals surface area contributed by atoms with Crippen LogP contribution < -0.4 is 10.1 Å². The molecule has 0 saturated carbocycles. The third-order valence-corrected chi connectivity index (χ3v) is 4.37. The van der Waals surface area contributed by atoms with E-state index in [9.17, 15) is 0 Å². The summed E-state index contributed by atoms with van der Waals surface area (Å²) in [7, 11) is 1.68. The molecule has 4 heteroatoms. The maximum atomic E-state index is 5.23. The van der Waals surface area contributed by atoms with E-state index in [1.807, 2.05) is 18.0 Å². The van der Waals surface area contributed by atoms with Crippen molar-refractivity contribution in [2.45, 2.75) is 38.5 Å². The second-order valence-corrected chi connectivity index (χ2v) is 5.79. The van der Waals surface area contributed by atoms with E-state index in [-0.39, 0.29) is 0 Å². The van der Waals surface area contributed by atoms with Crippen LogP contribution in [0, 0.1) is 0 Å². The van der Waals surface area contributed by atoms with Gasteiger partial charge in [0.05, 0.1) is 13.3 Å². The molecule has 1 aromatic heterocycles. The molecule has 0 fully saturated rings. The lowest BCUT2D eigenvalue weighted by Crippen LogP contribution is -2.23. The number of rotatable bonds is 8. The lowest BCUT2D eigenvalue weighted by molar-refractivity contribution is 0.411. The van der Waals surface area contributed by atoms with Crippen LogP contribution in [0.3, 0.4) is 0 Å². The monoisotopic (exact) mass is 268 g/mol. The number of hydrogen-bond acceptors (Lipinski definition) is 4. The van der Waals surface area contributed by atoms with Gasteiger partial charge >= 0.3 is 0 Å². The summed E-state index contributed by atoms with van der Waals surface area (Å²) in [6.07, 6.45) is 4.88. The van der Waals surface area contributed by atoms with E-state index in [1.54, 1.807) is 13.3 Å². The van der Waals surface area contributed by atoms with E-state index in [0.29, 0.717) is 11.3 Å². The van der Waals surface area contributed by atoms with Crippen molar-refractivity contribution < 1.29 is 4.74 Å². The SMILES string of the molecule is CCNC(CSC(C)CC)c1cncc(OC)c1. The van der Waals surface area contributed by atoms with E-state index < -0.39 is 0 Å². The van der Waals surface area contributed by atoms with E-state index in [0.717, 1.165) is 18.0 Å². The Hall–Kier alpha value is -0.740. The van der Waals surface area contributed by atoms with Crippen molar-refractivity contribution in [3.63, 3.8) is 0 Å². The van der Waals surface area contributed by atoms with Gasteiger partial charge in [0.25, 0.3) is 0 Å². The molecule has 18 heavy (non-hydrogen) atoms. The predicted molar refractivity (Wildman–Crippen MR) is 79.4 cm³/mol. The van der Waals surface area contributed by atoms with Crippen molar-refractivity contribution >= 4 is 11.8 Å². The molecule has 0 saturated heterocycles. The molecular formula is C14H24N2OS. The van der Waals surface area contributed by atoms with Crippen LogP contribution in [0.15, 0.2) is 18.5 Å². The van der Waals surface area contributed by atoms with Crippen molar-refractivity contribution in [2.75, 3.05) is 19.4 Å². The standard InChI is InChI=1S/C14H24N2OS/c1-5-11(3)18-10-14(16-6-2)12-7-13(17-4)9-15-8-12/h7-9,11,14,16H,5-6,10H2,1-4H3. The van der Waals surface area contributed by atoms with Crippen molar-refractivity contribution in [3.05, 3.63) is 24.0 Å². The molecule has 0 aromatic carbocycles. The Bertz CT molecular complexity index is 346. The molecule has 0 aliphatic carbocycles. The Morgan fingerprint density at radius 3 is 2.78 bits per heavy atom. The molecule has 0 bridgehead atoms. The second-order valence-electron chi connectivity index (χ2n) is 4.32. The summed E-state index contributed by atoms with van der Waals surface area (Å²) in [5.41, 5.74) is 1.20. The third kappa shape index (κ3) is 4.86. The van der Waals surface area contributed by atoms with Gasteiger partial charge in [0.1, 0.15) is 5.75 Å². The van der Waals surface area contributed by atoms with Gasteiger partial charge in [0.15, 0.2) is 0 Å². The molecule has 1 heterocycles. The molecule has 1 rings (SSSR count). The molecule has 0 spiro atoms. The number of methoxy groups -OCH3 is 1. The van der Waals surface area contributed by atoms with Crippen LogP contribution in [-0.4, -0.2) is 29.6 Å². The Morgan fingerprint density at radius 1 is 1.39 bits per heavy atom. The summed E-state index contributed by atoms with van der Waals surface area (Å²) < 4.78 is 5.23. The largest absolute Gasteiger partial charge is 0.495 e. The number of ether oxygens (including phenoxy) is 1. The van der Waals surface area contributed by atoms with Gasteiger partial charge in [-0.1, -0.05) is 20.8 Å². The minimum atomic E-state index is 0.344. The molecule has 0 aliphatic rings. The maximum Gasteiger partial charge on any atom is 0.137 e. The molecule has 2 unspecified atom stereocenters. The van der Waals surface area contributed by atoms with Gasteiger partial charge in [0.2, 0.25) is 0 Å². The predicted octanol–water partition coefficient (Wildman–Crippen LogP) is 3.27. The number of thioether (sulfide) groups is 1. The average Bonchev–Trinajstić information content (AvgIpc) is 2.43. The number of hydrogen-bond donors (Lipinski definition) is 1. The lowest BCUT2D eigenvalue weighted by atomic mass is 10.1. The van der Waals surface area contributed by atoms with Crippen LogP contribution in [0.5, 0.6) is 5.75 Å². The van der Waals surface area contributed by atoms with E-state index in [4.69, 9.17) is 4.74 Å². The highest BCUT2D eigenvalue weighted by Crippen LogP contribution is 2.24. The number of aromatic nitrogens is 1. The summed E-state index contributed by atoms with van der Waals surface area (Å²) in [4.78, 5) is 4.23. The van der Waals surface area contributed by atoms with Crippen molar-refractivity contribution in [1.29, 1.82) is 0 Å². The highest BCUT2D eigenvalue weighted by atomic mass is 32.2. The highest BCUT2D eigenvalue weighted by Gasteiger charge is 2.13. The first kappa shape index (κ1) is 15.3. The van der Waals surface area contributed by atoms with Crippen molar-refractivity contribution in [1.82, 2.24) is 10.3 Å². The normalized spacial score (nSPS) is 14.2. The Morgan fingerprint density at radius 2 is 2.17 bits per heavy atom. The number of nitrogens with one attached hydrogen (secondary N) is 1. The van der Waals surface area contributed by atoms with Gasteiger partial charge < -0.3 is 10.1 Å². The Kier molecular flexibility index (Phi) is 7.13. The van der Waals surface area contributed by atoms with Crippen LogP contribution in [0.1, 0.15) is 38.8 Å². The van der Waals surface area contributed by atoms with Gasteiger partial charge in [-0.25, -0.2) is 0 Å². The van der Waals surface area contributed by atoms with Gasteiger partial charge in [-0.3, -0.25) is 4.98 Å². The summed E-state index contributed by atoms with van der Waals surface area (Å²) in [6, 6.07) is 2.41. The third-order valence-electron chi connectivity index (χ3n) is 2.95. The Labute approximate surface area is 115 Å². The Balaban J connectivity index is 2.69. The molecule has 2 atom stereocenters. The first-order chi connectivity index (χ1) is 8.71. The lowest BCUT2D eigenvalue weighted by Gasteiger charge is -2.20. The zero-order valence-corrected chi connectivity index (χ0v) is 12.6. The second kappa shape index (κ2) is 8.38. The van der Waals surface area contributed by atoms with Crippen LogP contribution in [-0.2, 0) is 0 Å². The smallest absolute Gasteiger partial charge is 0.137 e. The average molecular weight is 268 g/mol. The molecule has 1 N–H and O–H groups in total. The molecular weight excluding hydrogens is 244 g/mol. The minimum absolute atomic E-state index is 0.344. The molecule has 1 aromatic rings. The number of nitrogens with zero attached hydrogens (tertiary/aromatic N) is 1. The van der Waals surface area contributed by atoms with Gasteiger partial charge in [-0.05, 0) is 24.6 Å². The van der Waals surface area contributed by atoms with E-state index >= 15 is 0 Å². The molecule has 102 valence electrons. The van der Waals surface area contributed by atoms with Crippen molar-refractivity contribution in [2.24, 2.45) is 0 Å². The van der Waals surface area contributed by atoms with Crippen LogP contribution >= 0.6 is 11.8 Å². The summed E-state index contributed by atoms with van der Waals surface area (Å²) >= 11 is 2.00. The van der Waals surface area contributed by atoms with Gasteiger partial charge in [-0.15, -0.1) is 0 Å². The molecule has 3 nitrogen and oxygen atoms in total. The van der Waals surface area contributed by atoms with Gasteiger partial charge in [0, 0.05) is 23.2 Å².